The van der Waals surface area contributed by atoms with Crippen molar-refractivity contribution in [3.63, 3.8) is 0 Å². The predicted molar refractivity (Wildman–Crippen MR) is 87.0 cm³/mol. The molecule has 23 heavy (non-hydrogen) atoms. The van der Waals surface area contributed by atoms with E-state index in [1.807, 2.05) is 31.2 Å². The van der Waals surface area contributed by atoms with E-state index in [0.717, 1.165) is 18.4 Å². The topological polar surface area (TPSA) is 99.8 Å². The second kappa shape index (κ2) is 6.82. The molecule has 0 saturated heterocycles. The molecule has 0 atom stereocenters. The standard InChI is InChI=1S/C15H17N5O2S/c1-9-2-4-10(5-3-9)13-18-15(20-19-13)23-8-12(21)17-14(22)16-11-6-7-11/h2-5,11H,6-8H2,1H3,(H,18,19,20)(H2,16,17,21,22). The Morgan fingerprint density at radius 2 is 2.04 bits per heavy atom. The Kier molecular flexibility index (Phi) is 4.61. The highest BCUT2D eigenvalue weighted by Gasteiger charge is 2.23. The summed E-state index contributed by atoms with van der Waals surface area (Å²) in [5.41, 5.74) is 2.10. The van der Waals surface area contributed by atoms with Gasteiger partial charge in [0.05, 0.1) is 5.75 Å². The normalized spacial score (nSPS) is 13.6. The minimum atomic E-state index is -0.437. The third kappa shape index (κ3) is 4.56. The molecule has 0 bridgehead atoms. The van der Waals surface area contributed by atoms with Gasteiger partial charge in [-0.2, -0.15) is 0 Å². The molecule has 1 fully saturated rings. The summed E-state index contributed by atoms with van der Waals surface area (Å²) >= 11 is 1.18. The Morgan fingerprint density at radius 1 is 1.30 bits per heavy atom. The molecule has 3 amide bonds. The van der Waals surface area contributed by atoms with E-state index in [2.05, 4.69) is 25.8 Å². The van der Waals surface area contributed by atoms with Gasteiger partial charge in [0, 0.05) is 11.6 Å². The number of nitrogens with zero attached hydrogens (tertiary/aromatic N) is 2. The number of imide groups is 1. The Hall–Kier alpha value is -2.35. The summed E-state index contributed by atoms with van der Waals surface area (Å²) in [4.78, 5) is 27.5. The number of aryl methyl sites for hydroxylation is 1. The summed E-state index contributed by atoms with van der Waals surface area (Å²) in [7, 11) is 0. The van der Waals surface area contributed by atoms with Gasteiger partial charge in [-0.15, -0.1) is 5.10 Å². The molecule has 1 aromatic heterocycles. The lowest BCUT2D eigenvalue weighted by atomic mass is 10.1. The van der Waals surface area contributed by atoms with E-state index in [0.29, 0.717) is 11.0 Å². The molecular formula is C15H17N5O2S. The average molecular weight is 331 g/mol. The number of benzene rings is 1. The Labute approximate surface area is 137 Å². The van der Waals surface area contributed by atoms with Gasteiger partial charge in [0.15, 0.2) is 5.82 Å². The summed E-state index contributed by atoms with van der Waals surface area (Å²) in [5, 5.41) is 12.4. The van der Waals surface area contributed by atoms with Gasteiger partial charge in [-0.25, -0.2) is 9.78 Å². The van der Waals surface area contributed by atoms with E-state index < -0.39 is 6.03 Å². The molecular weight excluding hydrogens is 314 g/mol. The lowest BCUT2D eigenvalue weighted by Crippen LogP contribution is -2.41. The third-order valence-corrected chi connectivity index (χ3v) is 4.14. The third-order valence-electron chi connectivity index (χ3n) is 3.29. The number of nitrogens with one attached hydrogen (secondary N) is 3. The minimum absolute atomic E-state index is 0.0866. The molecule has 2 aromatic rings. The first-order valence-electron chi connectivity index (χ1n) is 7.33. The number of hydrogen-bond donors (Lipinski definition) is 3. The number of H-pyrrole nitrogens is 1. The van der Waals surface area contributed by atoms with Crippen LogP contribution in [0.5, 0.6) is 0 Å². The van der Waals surface area contributed by atoms with Crippen LogP contribution in [0.25, 0.3) is 11.4 Å². The summed E-state index contributed by atoms with van der Waals surface area (Å²) in [5.74, 6) is 0.373. The van der Waals surface area contributed by atoms with Crippen molar-refractivity contribution >= 4 is 23.7 Å². The fourth-order valence-corrected chi connectivity index (χ4v) is 2.49. The van der Waals surface area contributed by atoms with Crippen LogP contribution in [0, 0.1) is 6.92 Å². The van der Waals surface area contributed by atoms with Gasteiger partial charge in [-0.1, -0.05) is 41.6 Å². The van der Waals surface area contributed by atoms with Crippen LogP contribution in [0.4, 0.5) is 4.79 Å². The highest BCUT2D eigenvalue weighted by molar-refractivity contribution is 7.99. The van der Waals surface area contributed by atoms with Crippen molar-refractivity contribution in [3.8, 4) is 11.4 Å². The second-order valence-electron chi connectivity index (χ2n) is 5.42. The molecule has 0 aliphatic heterocycles. The molecule has 0 radical (unpaired) electrons. The molecule has 0 spiro atoms. The number of aromatic nitrogens is 3. The summed E-state index contributed by atoms with van der Waals surface area (Å²) < 4.78 is 0. The predicted octanol–water partition coefficient (Wildman–Crippen LogP) is 1.86. The summed E-state index contributed by atoms with van der Waals surface area (Å²) in [6, 6.07) is 7.69. The number of carbonyl (C=O) groups excluding carboxylic acids is 2. The summed E-state index contributed by atoms with van der Waals surface area (Å²) in [6.07, 6.45) is 1.96. The van der Waals surface area contributed by atoms with Crippen LogP contribution in [0.1, 0.15) is 18.4 Å². The highest BCUT2D eigenvalue weighted by Crippen LogP contribution is 2.20. The molecule has 8 heteroatoms. The first-order valence-corrected chi connectivity index (χ1v) is 8.31. The van der Waals surface area contributed by atoms with Crippen molar-refractivity contribution in [2.45, 2.75) is 31.0 Å². The number of aromatic amines is 1. The van der Waals surface area contributed by atoms with E-state index in [1.165, 1.54) is 17.3 Å². The first-order chi connectivity index (χ1) is 11.1. The maximum Gasteiger partial charge on any atom is 0.321 e. The SMILES string of the molecule is Cc1ccc(-c2nc(SCC(=O)NC(=O)NC3CC3)n[nH]2)cc1. The average Bonchev–Trinajstić information content (AvgIpc) is 3.20. The number of amides is 3. The van der Waals surface area contributed by atoms with Gasteiger partial charge in [0.25, 0.3) is 0 Å². The number of carbonyl (C=O) groups is 2. The molecule has 1 aliphatic carbocycles. The van der Waals surface area contributed by atoms with Crippen molar-refractivity contribution in [2.75, 3.05) is 5.75 Å². The first kappa shape index (κ1) is 15.5. The van der Waals surface area contributed by atoms with E-state index in [9.17, 15) is 9.59 Å². The fourth-order valence-electron chi connectivity index (χ4n) is 1.89. The quantitative estimate of drug-likeness (QED) is 0.726. The molecule has 1 heterocycles. The zero-order valence-electron chi connectivity index (χ0n) is 12.6. The molecule has 1 saturated carbocycles. The van der Waals surface area contributed by atoms with E-state index >= 15 is 0 Å². The minimum Gasteiger partial charge on any atom is -0.335 e. The van der Waals surface area contributed by atoms with Gasteiger partial charge in [-0.05, 0) is 19.8 Å². The smallest absolute Gasteiger partial charge is 0.321 e. The maximum absolute atomic E-state index is 11.7. The second-order valence-corrected chi connectivity index (χ2v) is 6.36. The molecule has 1 aliphatic rings. The van der Waals surface area contributed by atoms with Crippen LogP contribution in [-0.2, 0) is 4.79 Å². The Morgan fingerprint density at radius 3 is 2.74 bits per heavy atom. The van der Waals surface area contributed by atoms with Gasteiger partial charge < -0.3 is 5.32 Å². The maximum atomic E-state index is 11.7. The van der Waals surface area contributed by atoms with Crippen molar-refractivity contribution in [3.05, 3.63) is 29.8 Å². The number of urea groups is 1. The van der Waals surface area contributed by atoms with Crippen LogP contribution in [0.3, 0.4) is 0 Å². The molecule has 1 aromatic carbocycles. The highest BCUT2D eigenvalue weighted by atomic mass is 32.2. The van der Waals surface area contributed by atoms with Crippen LogP contribution < -0.4 is 10.6 Å². The lowest BCUT2D eigenvalue weighted by Gasteiger charge is -2.03. The van der Waals surface area contributed by atoms with Crippen molar-refractivity contribution in [1.82, 2.24) is 25.8 Å². The van der Waals surface area contributed by atoms with Crippen LogP contribution in [0.15, 0.2) is 29.4 Å². The van der Waals surface area contributed by atoms with Crippen LogP contribution in [-0.4, -0.2) is 38.9 Å². The van der Waals surface area contributed by atoms with Crippen molar-refractivity contribution < 1.29 is 9.59 Å². The van der Waals surface area contributed by atoms with Crippen LogP contribution in [0.2, 0.25) is 0 Å². The van der Waals surface area contributed by atoms with Gasteiger partial charge in [0.1, 0.15) is 0 Å². The molecule has 3 N–H and O–H groups in total. The van der Waals surface area contributed by atoms with Gasteiger partial charge in [0.2, 0.25) is 11.1 Å². The summed E-state index contributed by atoms with van der Waals surface area (Å²) in [6.45, 7) is 2.02. The molecule has 3 rings (SSSR count). The van der Waals surface area contributed by atoms with Gasteiger partial charge >= 0.3 is 6.03 Å². The number of thioether (sulfide) groups is 1. The number of hydrogen-bond acceptors (Lipinski definition) is 5. The lowest BCUT2D eigenvalue weighted by molar-refractivity contribution is -0.117. The van der Waals surface area contributed by atoms with Crippen molar-refractivity contribution in [2.24, 2.45) is 0 Å². The Balaban J connectivity index is 1.49. The molecule has 7 nitrogen and oxygen atoms in total. The number of rotatable bonds is 5. The van der Waals surface area contributed by atoms with E-state index in [1.54, 1.807) is 0 Å². The Bertz CT molecular complexity index is 709. The molecule has 0 unspecified atom stereocenters. The fraction of sp³-hybridized carbons (Fsp3) is 0.333. The van der Waals surface area contributed by atoms with E-state index in [-0.39, 0.29) is 17.7 Å². The van der Waals surface area contributed by atoms with Gasteiger partial charge in [-0.3, -0.25) is 15.2 Å². The monoisotopic (exact) mass is 331 g/mol. The van der Waals surface area contributed by atoms with Crippen molar-refractivity contribution in [1.29, 1.82) is 0 Å². The van der Waals surface area contributed by atoms with E-state index in [4.69, 9.17) is 0 Å². The largest absolute Gasteiger partial charge is 0.335 e. The zero-order chi connectivity index (χ0) is 16.2. The molecule has 120 valence electrons. The zero-order valence-corrected chi connectivity index (χ0v) is 13.4. The van der Waals surface area contributed by atoms with Crippen LogP contribution >= 0.6 is 11.8 Å².